The molecule has 3 nitrogen and oxygen atoms in total. The molecule has 0 aromatic carbocycles. The van der Waals surface area contributed by atoms with E-state index in [1.807, 2.05) is 6.92 Å². The molecule has 21 heavy (non-hydrogen) atoms. The molecule has 0 aliphatic heterocycles. The van der Waals surface area contributed by atoms with Crippen molar-refractivity contribution in [3.8, 4) is 0 Å². The van der Waals surface area contributed by atoms with Gasteiger partial charge in [0.15, 0.2) is 0 Å². The Morgan fingerprint density at radius 1 is 0.714 bits per heavy atom. The molecule has 0 saturated carbocycles. The Bertz CT molecular complexity index is 200. The number of likely N-dealkylation sites (N-methyl/N-ethyl adjacent to an activating group) is 1. The first-order chi connectivity index (χ1) is 10.2. The molecule has 0 aromatic rings. The highest BCUT2D eigenvalue weighted by Crippen LogP contribution is 2.13. The van der Waals surface area contributed by atoms with Crippen LogP contribution in [0.3, 0.4) is 0 Å². The second kappa shape index (κ2) is 16.3. The van der Waals surface area contributed by atoms with E-state index in [1.54, 1.807) is 0 Å². The Morgan fingerprint density at radius 3 is 1.57 bits per heavy atom. The molecule has 0 bridgehead atoms. The molecule has 0 aliphatic rings. The predicted molar refractivity (Wildman–Crippen MR) is 90.7 cm³/mol. The van der Waals surface area contributed by atoms with Crippen LogP contribution >= 0.6 is 0 Å². The zero-order valence-electron chi connectivity index (χ0n) is 14.5. The van der Waals surface area contributed by atoms with Gasteiger partial charge >= 0.3 is 0 Å². The Morgan fingerprint density at radius 2 is 1.14 bits per heavy atom. The zero-order valence-corrected chi connectivity index (χ0v) is 14.5. The maximum atomic E-state index is 9.71. The van der Waals surface area contributed by atoms with Gasteiger partial charge in [0.05, 0.1) is 6.10 Å². The van der Waals surface area contributed by atoms with Crippen LogP contribution in [0.2, 0.25) is 0 Å². The molecule has 0 aromatic heterocycles. The number of aliphatic hydroxyl groups is 1. The van der Waals surface area contributed by atoms with Gasteiger partial charge in [0, 0.05) is 13.1 Å². The molecular formula is C18H39NO2. The summed E-state index contributed by atoms with van der Waals surface area (Å²) in [4.78, 5) is 0. The van der Waals surface area contributed by atoms with Crippen LogP contribution in [-0.4, -0.2) is 34.6 Å². The van der Waals surface area contributed by atoms with E-state index in [9.17, 15) is 10.3 Å². The van der Waals surface area contributed by atoms with Crippen molar-refractivity contribution in [1.82, 2.24) is 5.06 Å². The Hall–Kier alpha value is -0.120. The standard InChI is InChI=1S/C18H39NO2/c1-3-5-6-7-8-9-10-11-12-13-14-15-16-18(20)17-19(21)4-2/h18,20-21H,3-17H2,1-2H3. The van der Waals surface area contributed by atoms with Crippen LogP contribution in [0.15, 0.2) is 0 Å². The molecule has 0 amide bonds. The number of rotatable bonds is 16. The van der Waals surface area contributed by atoms with Crippen molar-refractivity contribution in [1.29, 1.82) is 0 Å². The third kappa shape index (κ3) is 16.1. The third-order valence-electron chi connectivity index (χ3n) is 4.18. The maximum absolute atomic E-state index is 9.71. The van der Waals surface area contributed by atoms with E-state index in [4.69, 9.17) is 0 Å². The lowest BCUT2D eigenvalue weighted by Gasteiger charge is -2.16. The molecule has 0 heterocycles. The fraction of sp³-hybridized carbons (Fsp3) is 1.00. The van der Waals surface area contributed by atoms with Crippen LogP contribution in [0, 0.1) is 0 Å². The van der Waals surface area contributed by atoms with Crippen molar-refractivity contribution in [3.63, 3.8) is 0 Å². The molecule has 128 valence electrons. The lowest BCUT2D eigenvalue weighted by molar-refractivity contribution is -0.110. The molecule has 0 fully saturated rings. The van der Waals surface area contributed by atoms with Crippen LogP contribution < -0.4 is 0 Å². The molecule has 0 spiro atoms. The summed E-state index contributed by atoms with van der Waals surface area (Å²) in [6.45, 7) is 5.11. The van der Waals surface area contributed by atoms with E-state index in [0.717, 1.165) is 12.8 Å². The van der Waals surface area contributed by atoms with Gasteiger partial charge < -0.3 is 10.3 Å². The molecule has 0 aliphatic carbocycles. The highest BCUT2D eigenvalue weighted by Gasteiger charge is 2.07. The molecule has 0 saturated heterocycles. The van der Waals surface area contributed by atoms with E-state index in [0.29, 0.717) is 13.1 Å². The van der Waals surface area contributed by atoms with Gasteiger partial charge in [-0.05, 0) is 6.42 Å². The smallest absolute Gasteiger partial charge is 0.0690 e. The van der Waals surface area contributed by atoms with Crippen molar-refractivity contribution in [2.24, 2.45) is 0 Å². The van der Waals surface area contributed by atoms with E-state index in [-0.39, 0.29) is 6.10 Å². The van der Waals surface area contributed by atoms with E-state index in [2.05, 4.69) is 6.92 Å². The summed E-state index contributed by atoms with van der Waals surface area (Å²) in [6, 6.07) is 0. The minimum Gasteiger partial charge on any atom is -0.392 e. The van der Waals surface area contributed by atoms with Gasteiger partial charge in [-0.25, -0.2) is 0 Å². The van der Waals surface area contributed by atoms with Crippen molar-refractivity contribution < 1.29 is 10.3 Å². The second-order valence-corrected chi connectivity index (χ2v) is 6.34. The summed E-state index contributed by atoms with van der Waals surface area (Å²) in [5.41, 5.74) is 0. The SMILES string of the molecule is CCCCCCCCCCCCCCC(O)CN(O)CC. The van der Waals surface area contributed by atoms with Crippen molar-refractivity contribution in [2.75, 3.05) is 13.1 Å². The molecular weight excluding hydrogens is 262 g/mol. The van der Waals surface area contributed by atoms with Crippen LogP contribution in [0.1, 0.15) is 97.3 Å². The normalized spacial score (nSPS) is 13.0. The van der Waals surface area contributed by atoms with Gasteiger partial charge in [0.1, 0.15) is 0 Å². The topological polar surface area (TPSA) is 43.7 Å². The Labute approximate surface area is 132 Å². The van der Waals surface area contributed by atoms with Crippen molar-refractivity contribution in [3.05, 3.63) is 0 Å². The van der Waals surface area contributed by atoms with Gasteiger partial charge in [-0.15, -0.1) is 0 Å². The monoisotopic (exact) mass is 301 g/mol. The van der Waals surface area contributed by atoms with Gasteiger partial charge in [0.2, 0.25) is 0 Å². The highest BCUT2D eigenvalue weighted by atomic mass is 16.5. The minimum absolute atomic E-state index is 0.377. The average molecular weight is 302 g/mol. The lowest BCUT2D eigenvalue weighted by Crippen LogP contribution is -2.29. The first-order valence-corrected chi connectivity index (χ1v) is 9.32. The fourth-order valence-electron chi connectivity index (χ4n) is 2.68. The van der Waals surface area contributed by atoms with Crippen LogP contribution in [0.5, 0.6) is 0 Å². The van der Waals surface area contributed by atoms with E-state index < -0.39 is 0 Å². The average Bonchev–Trinajstić information content (AvgIpc) is 2.48. The highest BCUT2D eigenvalue weighted by molar-refractivity contribution is 4.58. The lowest BCUT2D eigenvalue weighted by atomic mass is 10.0. The van der Waals surface area contributed by atoms with E-state index in [1.165, 1.54) is 75.7 Å². The number of hydroxylamine groups is 2. The van der Waals surface area contributed by atoms with Gasteiger partial charge in [-0.2, -0.15) is 5.06 Å². The Kier molecular flexibility index (Phi) is 16.2. The van der Waals surface area contributed by atoms with Crippen molar-refractivity contribution >= 4 is 0 Å². The summed E-state index contributed by atoms with van der Waals surface area (Å²) in [5.74, 6) is 0. The van der Waals surface area contributed by atoms with Gasteiger partial charge in [-0.1, -0.05) is 90.9 Å². The molecule has 3 heteroatoms. The molecule has 2 N–H and O–H groups in total. The van der Waals surface area contributed by atoms with Crippen LogP contribution in [0.4, 0.5) is 0 Å². The number of aliphatic hydroxyl groups excluding tert-OH is 1. The second-order valence-electron chi connectivity index (χ2n) is 6.34. The summed E-state index contributed by atoms with van der Waals surface area (Å²) < 4.78 is 0. The fourth-order valence-corrected chi connectivity index (χ4v) is 2.68. The summed E-state index contributed by atoms with van der Waals surface area (Å²) in [7, 11) is 0. The number of unbranched alkanes of at least 4 members (excludes halogenated alkanes) is 11. The van der Waals surface area contributed by atoms with Gasteiger partial charge in [0.25, 0.3) is 0 Å². The van der Waals surface area contributed by atoms with Crippen LogP contribution in [-0.2, 0) is 0 Å². The molecule has 1 atom stereocenters. The van der Waals surface area contributed by atoms with Crippen LogP contribution in [0.25, 0.3) is 0 Å². The number of hydrogen-bond acceptors (Lipinski definition) is 3. The predicted octanol–water partition coefficient (Wildman–Crippen LogP) is 5.15. The molecule has 0 radical (unpaired) electrons. The number of nitrogens with zero attached hydrogens (tertiary/aromatic N) is 1. The third-order valence-corrected chi connectivity index (χ3v) is 4.18. The summed E-state index contributed by atoms with van der Waals surface area (Å²) in [5, 5.41) is 20.2. The van der Waals surface area contributed by atoms with E-state index >= 15 is 0 Å². The first-order valence-electron chi connectivity index (χ1n) is 9.32. The molecule has 0 rings (SSSR count). The van der Waals surface area contributed by atoms with Gasteiger partial charge in [-0.3, -0.25) is 0 Å². The largest absolute Gasteiger partial charge is 0.392 e. The Balaban J connectivity index is 3.12. The zero-order chi connectivity index (χ0) is 15.8. The summed E-state index contributed by atoms with van der Waals surface area (Å²) >= 11 is 0. The number of hydrogen-bond donors (Lipinski definition) is 2. The van der Waals surface area contributed by atoms with Crippen molar-refractivity contribution in [2.45, 2.75) is 103 Å². The quantitative estimate of drug-likeness (QED) is 0.306. The first kappa shape index (κ1) is 20.9. The molecule has 1 unspecified atom stereocenters. The minimum atomic E-state index is -0.377. The summed E-state index contributed by atoms with van der Waals surface area (Å²) in [6.07, 6.45) is 16.5. The maximum Gasteiger partial charge on any atom is 0.0690 e.